The standard InChI is InChI=1S/C29H45N3O5/c1-17(4-7-25(35)30-15-26(36)37)20-5-6-21-27-22(8-9-28(20,21)2)29(3)14-18-16-32(10-11-33)31-23(18)12-19(29)13-24(27)34/h16-17,19-22,24,27,33-34H,4-15H2,1-3H3,(H,30,35)(H,36,37)/t17-,19?,20?,21?,22?,24-,27?,28-,29+/m1/s1. The van der Waals surface area contributed by atoms with Crippen molar-refractivity contribution in [3.63, 3.8) is 0 Å². The van der Waals surface area contributed by atoms with Crippen LogP contribution in [0.3, 0.4) is 0 Å². The Morgan fingerprint density at radius 2 is 1.97 bits per heavy atom. The second-order valence-corrected chi connectivity index (χ2v) is 13.2. The largest absolute Gasteiger partial charge is 0.480 e. The average Bonchev–Trinajstić information content (AvgIpc) is 3.39. The highest BCUT2D eigenvalue weighted by Crippen LogP contribution is 2.67. The van der Waals surface area contributed by atoms with Crippen molar-refractivity contribution in [2.75, 3.05) is 13.2 Å². The molecule has 37 heavy (non-hydrogen) atoms. The van der Waals surface area contributed by atoms with Gasteiger partial charge < -0.3 is 20.6 Å². The lowest BCUT2D eigenvalue weighted by atomic mass is 9.44. The zero-order chi connectivity index (χ0) is 26.5. The third-order valence-electron chi connectivity index (χ3n) is 11.4. The van der Waals surface area contributed by atoms with E-state index in [4.69, 9.17) is 10.2 Å². The fraction of sp³-hybridized carbons (Fsp3) is 0.828. The molecule has 0 bridgehead atoms. The molecule has 8 heteroatoms. The molecule has 0 radical (unpaired) electrons. The lowest BCUT2D eigenvalue weighted by Gasteiger charge is -2.61. The monoisotopic (exact) mass is 515 g/mol. The smallest absolute Gasteiger partial charge is 0.322 e. The Hall–Kier alpha value is -1.93. The van der Waals surface area contributed by atoms with E-state index < -0.39 is 5.97 Å². The van der Waals surface area contributed by atoms with E-state index in [1.54, 1.807) is 0 Å². The predicted octanol–water partition coefficient (Wildman–Crippen LogP) is 3.04. The molecule has 3 saturated carbocycles. The van der Waals surface area contributed by atoms with E-state index >= 15 is 0 Å². The number of hydrogen-bond donors (Lipinski definition) is 4. The first kappa shape index (κ1) is 26.7. The van der Waals surface area contributed by atoms with Crippen LogP contribution in [0, 0.1) is 46.3 Å². The van der Waals surface area contributed by atoms with Gasteiger partial charge in [-0.15, -0.1) is 0 Å². The highest BCUT2D eigenvalue weighted by Gasteiger charge is 2.63. The van der Waals surface area contributed by atoms with Crippen molar-refractivity contribution in [2.24, 2.45) is 46.3 Å². The maximum Gasteiger partial charge on any atom is 0.322 e. The van der Waals surface area contributed by atoms with Gasteiger partial charge in [-0.05, 0) is 103 Å². The number of aliphatic carboxylic acids is 1. The predicted molar refractivity (Wildman–Crippen MR) is 139 cm³/mol. The first-order chi connectivity index (χ1) is 17.6. The van der Waals surface area contributed by atoms with E-state index in [2.05, 4.69) is 32.3 Å². The zero-order valence-corrected chi connectivity index (χ0v) is 22.7. The van der Waals surface area contributed by atoms with Crippen LogP contribution in [-0.2, 0) is 29.0 Å². The second kappa shape index (κ2) is 9.99. The molecule has 5 unspecified atom stereocenters. The minimum Gasteiger partial charge on any atom is -0.480 e. The van der Waals surface area contributed by atoms with Crippen LogP contribution in [0.25, 0.3) is 0 Å². The highest BCUT2D eigenvalue weighted by atomic mass is 16.4. The summed E-state index contributed by atoms with van der Waals surface area (Å²) in [4.78, 5) is 22.9. The van der Waals surface area contributed by atoms with Gasteiger partial charge in [-0.25, -0.2) is 0 Å². The molecule has 1 heterocycles. The summed E-state index contributed by atoms with van der Waals surface area (Å²) in [6, 6.07) is 0. The van der Waals surface area contributed by atoms with Crippen LogP contribution < -0.4 is 5.32 Å². The van der Waals surface area contributed by atoms with Crippen molar-refractivity contribution in [1.29, 1.82) is 0 Å². The molecule has 0 spiro atoms. The summed E-state index contributed by atoms with van der Waals surface area (Å²) in [7, 11) is 0. The Bertz CT molecular complexity index is 1030. The summed E-state index contributed by atoms with van der Waals surface area (Å²) < 4.78 is 1.89. The number of carboxylic acids is 1. The molecule has 5 rings (SSSR count). The van der Waals surface area contributed by atoms with Crippen molar-refractivity contribution in [3.05, 3.63) is 17.5 Å². The summed E-state index contributed by atoms with van der Waals surface area (Å²) in [5.41, 5.74) is 2.82. The topological polar surface area (TPSA) is 125 Å². The Kier molecular flexibility index (Phi) is 7.20. The molecule has 206 valence electrons. The number of hydrogen-bond acceptors (Lipinski definition) is 5. The third kappa shape index (κ3) is 4.62. The first-order valence-electron chi connectivity index (χ1n) is 14.4. The van der Waals surface area contributed by atoms with E-state index in [0.29, 0.717) is 48.5 Å². The molecule has 1 amide bonds. The van der Waals surface area contributed by atoms with Gasteiger partial charge in [0, 0.05) is 12.6 Å². The molecule has 9 atom stereocenters. The Balaban J connectivity index is 1.30. The maximum absolute atomic E-state index is 12.1. The van der Waals surface area contributed by atoms with Gasteiger partial charge in [-0.2, -0.15) is 5.10 Å². The summed E-state index contributed by atoms with van der Waals surface area (Å²) in [6.45, 7) is 7.49. The van der Waals surface area contributed by atoms with Crippen molar-refractivity contribution in [3.8, 4) is 0 Å². The summed E-state index contributed by atoms with van der Waals surface area (Å²) in [6.07, 6.45) is 10.4. The molecule has 1 aromatic rings. The van der Waals surface area contributed by atoms with Crippen LogP contribution in [0.5, 0.6) is 0 Å². The van der Waals surface area contributed by atoms with Crippen LogP contribution in [0.2, 0.25) is 0 Å². The average molecular weight is 516 g/mol. The molecule has 8 nitrogen and oxygen atoms in total. The minimum absolute atomic E-state index is 0.0948. The molecule has 0 saturated heterocycles. The molecular formula is C29H45N3O5. The molecule has 3 fully saturated rings. The number of rotatable bonds is 8. The zero-order valence-electron chi connectivity index (χ0n) is 22.7. The number of amides is 1. The van der Waals surface area contributed by atoms with Gasteiger partial charge in [0.1, 0.15) is 6.54 Å². The number of carboxylic acid groups (broad SMARTS) is 1. The van der Waals surface area contributed by atoms with Crippen LogP contribution >= 0.6 is 0 Å². The van der Waals surface area contributed by atoms with Crippen molar-refractivity contribution < 1.29 is 24.9 Å². The van der Waals surface area contributed by atoms with Gasteiger partial charge in [0.15, 0.2) is 0 Å². The molecule has 1 aromatic heterocycles. The summed E-state index contributed by atoms with van der Waals surface area (Å²) >= 11 is 0. The quantitative estimate of drug-likeness (QED) is 0.422. The second-order valence-electron chi connectivity index (χ2n) is 13.2. The number of aromatic nitrogens is 2. The molecule has 4 aliphatic rings. The number of carbonyl (C=O) groups is 2. The maximum atomic E-state index is 12.1. The third-order valence-corrected chi connectivity index (χ3v) is 11.4. The van der Waals surface area contributed by atoms with Crippen molar-refractivity contribution in [1.82, 2.24) is 15.1 Å². The van der Waals surface area contributed by atoms with E-state index in [9.17, 15) is 19.8 Å². The number of nitrogens with one attached hydrogen (secondary N) is 1. The number of nitrogens with zero attached hydrogens (tertiary/aromatic N) is 2. The van der Waals surface area contributed by atoms with Gasteiger partial charge in [-0.1, -0.05) is 20.8 Å². The van der Waals surface area contributed by atoms with E-state index in [1.165, 1.54) is 12.0 Å². The molecule has 0 aliphatic heterocycles. The number of aliphatic hydroxyl groups excluding tert-OH is 2. The molecule has 0 aromatic carbocycles. The Labute approximate surface area is 220 Å². The first-order valence-corrected chi connectivity index (χ1v) is 14.4. The Morgan fingerprint density at radius 3 is 2.70 bits per heavy atom. The molecule has 4 N–H and O–H groups in total. The number of carbonyl (C=O) groups excluding carboxylic acids is 1. The van der Waals surface area contributed by atoms with Crippen LogP contribution in [0.15, 0.2) is 6.20 Å². The number of fused-ring (bicyclic) bond motifs is 6. The van der Waals surface area contributed by atoms with Gasteiger partial charge in [-0.3, -0.25) is 14.3 Å². The summed E-state index contributed by atoms with van der Waals surface area (Å²) in [5, 5.41) is 37.0. The molecule has 4 aliphatic carbocycles. The minimum atomic E-state index is -1.01. The fourth-order valence-electron chi connectivity index (χ4n) is 9.59. The van der Waals surface area contributed by atoms with E-state index in [-0.39, 0.29) is 36.0 Å². The van der Waals surface area contributed by atoms with Gasteiger partial charge >= 0.3 is 5.97 Å². The lowest BCUT2D eigenvalue weighted by molar-refractivity contribution is -0.156. The van der Waals surface area contributed by atoms with Crippen LogP contribution in [-0.4, -0.2) is 56.2 Å². The Morgan fingerprint density at radius 1 is 1.22 bits per heavy atom. The van der Waals surface area contributed by atoms with Crippen LogP contribution in [0.4, 0.5) is 0 Å². The molecular weight excluding hydrogens is 470 g/mol. The van der Waals surface area contributed by atoms with Crippen molar-refractivity contribution in [2.45, 2.75) is 91.2 Å². The van der Waals surface area contributed by atoms with Gasteiger partial charge in [0.05, 0.1) is 24.9 Å². The lowest BCUT2D eigenvalue weighted by Crippen LogP contribution is -2.59. The van der Waals surface area contributed by atoms with E-state index in [0.717, 1.165) is 50.6 Å². The van der Waals surface area contributed by atoms with E-state index in [1.807, 2.05) is 4.68 Å². The highest BCUT2D eigenvalue weighted by molar-refractivity contribution is 5.81. The van der Waals surface area contributed by atoms with Gasteiger partial charge in [0.2, 0.25) is 5.91 Å². The van der Waals surface area contributed by atoms with Crippen molar-refractivity contribution >= 4 is 11.9 Å². The SMILES string of the molecule is C[C@H](CCC(=O)NCC(=O)O)C1CCC2C3C(CC[C@@]21C)[C@@]1(C)Cc2cn(CCO)nc2CC1C[C@H]3O. The van der Waals surface area contributed by atoms with Gasteiger partial charge in [0.25, 0.3) is 0 Å². The number of aliphatic hydroxyl groups is 2. The fourth-order valence-corrected chi connectivity index (χ4v) is 9.59. The normalized spacial score (nSPS) is 39.2. The van der Waals surface area contributed by atoms with Crippen LogP contribution in [0.1, 0.15) is 77.0 Å². The summed E-state index contributed by atoms with van der Waals surface area (Å²) in [5.74, 6) is 1.50.